The Labute approximate surface area is 161 Å². The van der Waals surface area contributed by atoms with Gasteiger partial charge >= 0.3 is 5.97 Å². The fourth-order valence-electron chi connectivity index (χ4n) is 2.88. The third-order valence-corrected chi connectivity index (χ3v) is 4.21. The van der Waals surface area contributed by atoms with Crippen LogP contribution in [0.25, 0.3) is 0 Å². The monoisotopic (exact) mass is 392 g/mol. The number of aliphatic carboxylic acids is 1. The molecule has 0 radical (unpaired) electrons. The maximum absolute atomic E-state index is 12.7. The van der Waals surface area contributed by atoms with E-state index >= 15 is 0 Å². The fourth-order valence-corrected chi connectivity index (χ4v) is 3.11. The van der Waals surface area contributed by atoms with Crippen LogP contribution in [0.5, 0.6) is 5.75 Å². The van der Waals surface area contributed by atoms with Crippen molar-refractivity contribution in [2.24, 2.45) is 0 Å². The number of nitrogens with one attached hydrogen (secondary N) is 2. The molecule has 0 aliphatic heterocycles. The van der Waals surface area contributed by atoms with E-state index in [0.29, 0.717) is 34.6 Å². The first-order chi connectivity index (χ1) is 12.7. The van der Waals surface area contributed by atoms with Crippen molar-refractivity contribution in [2.45, 2.75) is 33.6 Å². The van der Waals surface area contributed by atoms with Gasteiger partial charge in [-0.1, -0.05) is 24.9 Å². The summed E-state index contributed by atoms with van der Waals surface area (Å²) in [6, 6.07) is 4.51. The Kier molecular flexibility index (Phi) is 6.63. The van der Waals surface area contributed by atoms with Gasteiger partial charge in [-0.15, -0.1) is 0 Å². The summed E-state index contributed by atoms with van der Waals surface area (Å²) in [5.74, 6) is -1.38. The predicted octanol–water partition coefficient (Wildman–Crippen LogP) is 3.85. The van der Waals surface area contributed by atoms with Crippen LogP contribution in [0, 0.1) is 6.92 Å². The number of H-pyrrole nitrogens is 1. The van der Waals surface area contributed by atoms with Crippen molar-refractivity contribution in [1.29, 1.82) is 0 Å². The number of benzene rings is 1. The van der Waals surface area contributed by atoms with Crippen molar-refractivity contribution < 1.29 is 24.2 Å². The van der Waals surface area contributed by atoms with Crippen LogP contribution in [-0.2, 0) is 11.2 Å². The number of carboxylic acids is 1. The lowest BCUT2D eigenvalue weighted by Gasteiger charge is -2.10. The molecule has 1 amide bonds. The Hall–Kier alpha value is -2.80. The molecule has 1 aromatic heterocycles. The van der Waals surface area contributed by atoms with Crippen molar-refractivity contribution in [1.82, 2.24) is 4.98 Å². The average Bonchev–Trinajstić information content (AvgIpc) is 2.91. The van der Waals surface area contributed by atoms with E-state index in [4.69, 9.17) is 21.4 Å². The second-order valence-electron chi connectivity index (χ2n) is 6.07. The molecule has 7 nitrogen and oxygen atoms in total. The minimum absolute atomic E-state index is 0.0887. The van der Waals surface area contributed by atoms with Gasteiger partial charge in [0.15, 0.2) is 12.4 Å². The number of carbonyl (C=O) groups is 3. The Morgan fingerprint density at radius 2 is 2.00 bits per heavy atom. The molecule has 1 aromatic carbocycles. The predicted molar refractivity (Wildman–Crippen MR) is 102 cm³/mol. The van der Waals surface area contributed by atoms with Crippen LogP contribution in [0.4, 0.5) is 5.69 Å². The Balaban J connectivity index is 2.25. The molecule has 144 valence electrons. The second-order valence-corrected chi connectivity index (χ2v) is 6.47. The second kappa shape index (κ2) is 8.73. The summed E-state index contributed by atoms with van der Waals surface area (Å²) in [4.78, 5) is 38.2. The molecule has 2 rings (SSSR count). The van der Waals surface area contributed by atoms with E-state index in [0.717, 1.165) is 6.42 Å². The van der Waals surface area contributed by atoms with E-state index in [1.165, 1.54) is 19.1 Å². The number of rotatable bonds is 8. The molecule has 0 atom stereocenters. The zero-order chi connectivity index (χ0) is 20.1. The maximum atomic E-state index is 12.7. The summed E-state index contributed by atoms with van der Waals surface area (Å²) in [5.41, 5.74) is 2.69. The Bertz CT molecular complexity index is 888. The molecule has 8 heteroatoms. The third-order valence-electron chi connectivity index (χ3n) is 3.91. The molecule has 0 bridgehead atoms. The lowest BCUT2D eigenvalue weighted by atomic mass is 10.0. The quantitative estimate of drug-likeness (QED) is 0.591. The maximum Gasteiger partial charge on any atom is 0.341 e. The molecular formula is C19H21ClN2O5. The molecule has 0 aliphatic rings. The molecule has 0 unspecified atom stereocenters. The van der Waals surface area contributed by atoms with Gasteiger partial charge in [0.2, 0.25) is 0 Å². The number of carbonyl (C=O) groups excluding carboxylic acids is 2. The Morgan fingerprint density at radius 1 is 1.30 bits per heavy atom. The van der Waals surface area contributed by atoms with Gasteiger partial charge in [-0.05, 0) is 44.0 Å². The zero-order valence-corrected chi connectivity index (χ0v) is 16.1. The van der Waals surface area contributed by atoms with Crippen LogP contribution in [0.15, 0.2) is 18.2 Å². The lowest BCUT2D eigenvalue weighted by molar-refractivity contribution is -0.139. The first kappa shape index (κ1) is 20.5. The van der Waals surface area contributed by atoms with Crippen LogP contribution in [0.1, 0.15) is 52.4 Å². The molecule has 0 saturated carbocycles. The molecule has 0 saturated heterocycles. The molecule has 1 heterocycles. The van der Waals surface area contributed by atoms with Crippen LogP contribution >= 0.6 is 11.6 Å². The number of ketones is 1. The molecule has 0 spiro atoms. The van der Waals surface area contributed by atoms with Crippen molar-refractivity contribution in [3.63, 3.8) is 0 Å². The Morgan fingerprint density at radius 3 is 2.56 bits per heavy atom. The SMILES string of the molecule is CCCc1c(C(=O)Nc2ccc(OCC(=O)O)c(Cl)c2)[nH]c(C)c1C(C)=O. The zero-order valence-electron chi connectivity index (χ0n) is 15.3. The highest BCUT2D eigenvalue weighted by atomic mass is 35.5. The summed E-state index contributed by atoms with van der Waals surface area (Å²) >= 11 is 6.07. The molecule has 0 aliphatic carbocycles. The van der Waals surface area contributed by atoms with E-state index in [1.807, 2.05) is 6.92 Å². The largest absolute Gasteiger partial charge is 0.480 e. The minimum Gasteiger partial charge on any atom is -0.480 e. The first-order valence-corrected chi connectivity index (χ1v) is 8.80. The molecule has 0 fully saturated rings. The minimum atomic E-state index is -1.12. The number of aromatic amines is 1. The number of hydrogen-bond donors (Lipinski definition) is 3. The summed E-state index contributed by atoms with van der Waals surface area (Å²) in [5, 5.41) is 11.6. The van der Waals surface area contributed by atoms with Gasteiger partial charge in [0.05, 0.1) is 5.02 Å². The van der Waals surface area contributed by atoms with Gasteiger partial charge in [0.1, 0.15) is 11.4 Å². The summed E-state index contributed by atoms with van der Waals surface area (Å²) in [6.07, 6.45) is 1.39. The van der Waals surface area contributed by atoms with Crippen LogP contribution in [-0.4, -0.2) is 34.4 Å². The van der Waals surface area contributed by atoms with Crippen molar-refractivity contribution >= 4 is 34.9 Å². The number of aryl methyl sites for hydroxylation is 1. The molecular weight excluding hydrogens is 372 g/mol. The van der Waals surface area contributed by atoms with Crippen molar-refractivity contribution in [3.8, 4) is 5.75 Å². The molecule has 3 N–H and O–H groups in total. The van der Waals surface area contributed by atoms with Gasteiger partial charge in [-0.2, -0.15) is 0 Å². The number of halogens is 1. The normalized spacial score (nSPS) is 10.5. The van der Waals surface area contributed by atoms with E-state index < -0.39 is 12.6 Å². The number of hydrogen-bond acceptors (Lipinski definition) is 4. The van der Waals surface area contributed by atoms with E-state index in [-0.39, 0.29) is 22.5 Å². The number of ether oxygens (including phenoxy) is 1. The van der Waals surface area contributed by atoms with Crippen LogP contribution in [0.3, 0.4) is 0 Å². The topological polar surface area (TPSA) is 108 Å². The highest BCUT2D eigenvalue weighted by molar-refractivity contribution is 6.32. The van der Waals surface area contributed by atoms with Crippen LogP contribution in [0.2, 0.25) is 5.02 Å². The highest BCUT2D eigenvalue weighted by Gasteiger charge is 2.22. The number of aromatic nitrogens is 1. The molecule has 27 heavy (non-hydrogen) atoms. The van der Waals surface area contributed by atoms with Gasteiger partial charge in [0.25, 0.3) is 5.91 Å². The van der Waals surface area contributed by atoms with Crippen molar-refractivity contribution in [2.75, 3.05) is 11.9 Å². The van der Waals surface area contributed by atoms with Gasteiger partial charge < -0.3 is 20.1 Å². The average molecular weight is 393 g/mol. The molecule has 2 aromatic rings. The summed E-state index contributed by atoms with van der Waals surface area (Å²) in [6.45, 7) is 4.70. The number of anilines is 1. The van der Waals surface area contributed by atoms with Crippen molar-refractivity contribution in [3.05, 3.63) is 45.7 Å². The highest BCUT2D eigenvalue weighted by Crippen LogP contribution is 2.28. The number of carboxylic acid groups (broad SMARTS) is 1. The lowest BCUT2D eigenvalue weighted by Crippen LogP contribution is -2.15. The van der Waals surface area contributed by atoms with Gasteiger partial charge in [-0.25, -0.2) is 4.79 Å². The summed E-state index contributed by atoms with van der Waals surface area (Å²) < 4.78 is 5.05. The smallest absolute Gasteiger partial charge is 0.341 e. The summed E-state index contributed by atoms with van der Waals surface area (Å²) in [7, 11) is 0. The number of Topliss-reactive ketones (excluding diaryl/α,β-unsaturated/α-hetero) is 1. The van der Waals surface area contributed by atoms with Gasteiger partial charge in [-0.3, -0.25) is 9.59 Å². The van der Waals surface area contributed by atoms with Crippen LogP contribution < -0.4 is 10.1 Å². The first-order valence-electron chi connectivity index (χ1n) is 8.42. The third kappa shape index (κ3) is 4.89. The number of amides is 1. The standard InChI is InChI=1S/C19H21ClN2O5/c1-4-5-13-17(11(3)23)10(2)21-18(13)19(26)22-12-6-7-15(14(20)8-12)27-9-16(24)25/h6-8,21H,4-5,9H2,1-3H3,(H,22,26)(H,24,25). The fraction of sp³-hybridized carbons (Fsp3) is 0.316. The van der Waals surface area contributed by atoms with Gasteiger partial charge in [0, 0.05) is 16.9 Å². The van der Waals surface area contributed by atoms with E-state index in [1.54, 1.807) is 13.0 Å². The van der Waals surface area contributed by atoms with E-state index in [2.05, 4.69) is 10.3 Å². The van der Waals surface area contributed by atoms with E-state index in [9.17, 15) is 14.4 Å².